The van der Waals surface area contributed by atoms with Gasteiger partial charge in [-0.15, -0.1) is 11.8 Å². The number of nitrogens with two attached hydrogens (primary N) is 1. The quantitative estimate of drug-likeness (QED) is 0.698. The van der Waals surface area contributed by atoms with Gasteiger partial charge in [-0.1, -0.05) is 11.6 Å². The second-order valence-electron chi connectivity index (χ2n) is 8.85. The Bertz CT molecular complexity index is 1120. The van der Waals surface area contributed by atoms with Crippen LogP contribution in [0.2, 0.25) is 0 Å². The molecule has 3 aliphatic heterocycles. The average molecular weight is 496 g/mol. The molecule has 176 valence electrons. The normalized spacial score (nSPS) is 26.2. The highest BCUT2D eigenvalue weighted by Gasteiger charge is 2.60. The van der Waals surface area contributed by atoms with E-state index in [1.165, 1.54) is 17.8 Å². The predicted octanol–water partition coefficient (Wildman–Crippen LogP) is 3.49. The van der Waals surface area contributed by atoms with Gasteiger partial charge in [0.25, 0.3) is 11.8 Å². The second kappa shape index (κ2) is 8.33. The first-order chi connectivity index (χ1) is 15.7. The Labute approximate surface area is 199 Å². The summed E-state index contributed by atoms with van der Waals surface area (Å²) in [6.45, 7) is 3.43. The maximum absolute atomic E-state index is 14.4. The zero-order valence-corrected chi connectivity index (χ0v) is 19.6. The van der Waals surface area contributed by atoms with Crippen LogP contribution < -0.4 is 5.73 Å². The van der Waals surface area contributed by atoms with E-state index < -0.39 is 30.0 Å². The van der Waals surface area contributed by atoms with Crippen LogP contribution in [0.5, 0.6) is 0 Å². The fourth-order valence-corrected chi connectivity index (χ4v) is 6.78. The van der Waals surface area contributed by atoms with Gasteiger partial charge >= 0.3 is 0 Å². The standard InChI is InChI=1S/C22H24ClF2N5O2S/c1-13-14(11-30(28-13)20-15(19(26)31)3-2-6-27-20)10-29-7-4-21(5-8-29)18-16(9-17(23)33-18)22(24,25)12-32-21/h2-3,6,9,11,16,18H,4-5,7-8,10,12H2,1H3,(H2,26,31). The van der Waals surface area contributed by atoms with Gasteiger partial charge in [0.05, 0.1) is 32.4 Å². The fraction of sp³-hybridized carbons (Fsp3) is 0.500. The average Bonchev–Trinajstić information content (AvgIpc) is 3.37. The van der Waals surface area contributed by atoms with Gasteiger partial charge in [0.1, 0.15) is 6.61 Å². The number of likely N-dealkylation sites (tertiary alicyclic amines) is 1. The van der Waals surface area contributed by atoms with Gasteiger partial charge < -0.3 is 10.5 Å². The van der Waals surface area contributed by atoms with Crippen LogP contribution in [0.1, 0.15) is 34.5 Å². The van der Waals surface area contributed by atoms with Gasteiger partial charge in [0.2, 0.25) is 0 Å². The Hall–Kier alpha value is -2.01. The number of halogens is 3. The van der Waals surface area contributed by atoms with E-state index in [1.807, 2.05) is 13.1 Å². The van der Waals surface area contributed by atoms with Gasteiger partial charge in [-0.25, -0.2) is 18.4 Å². The van der Waals surface area contributed by atoms with E-state index in [0.717, 1.165) is 11.3 Å². The van der Waals surface area contributed by atoms with Crippen LogP contribution in [0, 0.1) is 12.8 Å². The van der Waals surface area contributed by atoms with Crippen LogP contribution in [0.15, 0.2) is 35.0 Å². The molecule has 0 aliphatic carbocycles. The summed E-state index contributed by atoms with van der Waals surface area (Å²) in [5.41, 5.74) is 7.01. The summed E-state index contributed by atoms with van der Waals surface area (Å²) in [6.07, 6.45) is 6.27. The summed E-state index contributed by atoms with van der Waals surface area (Å²) < 4.78 is 36.7. The Kier molecular flexibility index (Phi) is 5.75. The molecule has 11 heteroatoms. The molecule has 2 N–H and O–H groups in total. The first-order valence-electron chi connectivity index (χ1n) is 10.8. The maximum Gasteiger partial charge on any atom is 0.278 e. The summed E-state index contributed by atoms with van der Waals surface area (Å²) in [6, 6.07) is 3.28. The summed E-state index contributed by atoms with van der Waals surface area (Å²) in [5, 5.41) is 4.16. The van der Waals surface area contributed by atoms with Crippen molar-refractivity contribution in [3.8, 4) is 5.82 Å². The number of aryl methyl sites for hydroxylation is 1. The molecule has 2 unspecified atom stereocenters. The summed E-state index contributed by atoms with van der Waals surface area (Å²) in [7, 11) is 0. The number of hydrogen-bond donors (Lipinski definition) is 1. The second-order valence-corrected chi connectivity index (χ2v) is 10.7. The molecule has 33 heavy (non-hydrogen) atoms. The maximum atomic E-state index is 14.4. The first-order valence-corrected chi connectivity index (χ1v) is 12.0. The molecule has 2 aromatic heterocycles. The molecule has 7 nitrogen and oxygen atoms in total. The van der Waals surface area contributed by atoms with E-state index in [2.05, 4.69) is 15.0 Å². The lowest BCUT2D eigenvalue weighted by Crippen LogP contribution is -2.61. The van der Waals surface area contributed by atoms with Crippen molar-refractivity contribution in [3.05, 3.63) is 51.8 Å². The lowest BCUT2D eigenvalue weighted by molar-refractivity contribution is -0.215. The third-order valence-electron chi connectivity index (χ3n) is 6.80. The number of hydrogen-bond acceptors (Lipinski definition) is 6. The van der Waals surface area contributed by atoms with Crippen molar-refractivity contribution in [1.29, 1.82) is 0 Å². The van der Waals surface area contributed by atoms with Gasteiger partial charge in [0, 0.05) is 37.6 Å². The third-order valence-corrected chi connectivity index (χ3v) is 8.53. The van der Waals surface area contributed by atoms with Crippen molar-refractivity contribution in [2.24, 2.45) is 11.7 Å². The topological polar surface area (TPSA) is 86.3 Å². The number of pyridine rings is 1. The number of piperidine rings is 1. The van der Waals surface area contributed by atoms with Crippen molar-refractivity contribution in [3.63, 3.8) is 0 Å². The number of ether oxygens (including phenoxy) is 1. The summed E-state index contributed by atoms with van der Waals surface area (Å²) in [5.74, 6) is -3.95. The molecule has 0 saturated carbocycles. The van der Waals surface area contributed by atoms with Crippen molar-refractivity contribution >= 4 is 29.3 Å². The molecule has 5 heterocycles. The SMILES string of the molecule is Cc1nn(-c2ncccc2C(N)=O)cc1CN1CCC2(CC1)OCC(F)(F)C1C=C(Cl)SC12. The minimum absolute atomic E-state index is 0.300. The van der Waals surface area contributed by atoms with Crippen LogP contribution in [-0.4, -0.2) is 62.0 Å². The van der Waals surface area contributed by atoms with E-state index >= 15 is 0 Å². The lowest BCUT2D eigenvalue weighted by atomic mass is 9.77. The molecule has 0 aromatic carbocycles. The highest BCUT2D eigenvalue weighted by Crippen LogP contribution is 2.56. The number of carbonyl (C=O) groups is 1. The number of fused-ring (bicyclic) bond motifs is 2. The number of amides is 1. The lowest BCUT2D eigenvalue weighted by Gasteiger charge is -2.51. The zero-order chi connectivity index (χ0) is 23.4. The number of alkyl halides is 2. The molecule has 2 atom stereocenters. The molecule has 3 aliphatic rings. The van der Waals surface area contributed by atoms with E-state index in [4.69, 9.17) is 22.1 Å². The number of allylic oxidation sites excluding steroid dienone is 1. The number of nitrogens with zero attached hydrogens (tertiary/aromatic N) is 4. The fourth-order valence-electron chi connectivity index (χ4n) is 4.95. The number of thioether (sulfide) groups is 1. The van der Waals surface area contributed by atoms with Gasteiger partial charge in [-0.3, -0.25) is 9.69 Å². The van der Waals surface area contributed by atoms with Gasteiger partial charge in [0.15, 0.2) is 5.82 Å². The summed E-state index contributed by atoms with van der Waals surface area (Å²) in [4.78, 5) is 18.3. The minimum Gasteiger partial charge on any atom is -0.367 e. The molecular formula is C22H24ClF2N5O2S. The van der Waals surface area contributed by atoms with Gasteiger partial charge in [-0.2, -0.15) is 5.10 Å². The zero-order valence-electron chi connectivity index (χ0n) is 18.0. The van der Waals surface area contributed by atoms with Crippen LogP contribution in [-0.2, 0) is 11.3 Å². The molecule has 0 bridgehead atoms. The molecule has 1 amide bonds. The molecule has 5 rings (SSSR count). The molecular weight excluding hydrogens is 472 g/mol. The Morgan fingerprint density at radius 1 is 1.39 bits per heavy atom. The Morgan fingerprint density at radius 2 is 2.15 bits per heavy atom. The minimum atomic E-state index is -2.89. The smallest absolute Gasteiger partial charge is 0.278 e. The van der Waals surface area contributed by atoms with Crippen molar-refractivity contribution < 1.29 is 18.3 Å². The molecule has 2 fully saturated rings. The number of carbonyl (C=O) groups excluding carboxylic acids is 1. The highest BCUT2D eigenvalue weighted by molar-refractivity contribution is 8.05. The van der Waals surface area contributed by atoms with Crippen LogP contribution >= 0.6 is 23.4 Å². The predicted molar refractivity (Wildman–Crippen MR) is 122 cm³/mol. The Morgan fingerprint density at radius 3 is 2.88 bits per heavy atom. The van der Waals surface area contributed by atoms with E-state index in [1.54, 1.807) is 23.0 Å². The molecule has 1 spiro atoms. The van der Waals surface area contributed by atoms with Crippen LogP contribution in [0.4, 0.5) is 8.78 Å². The largest absolute Gasteiger partial charge is 0.367 e. The molecule has 2 aromatic rings. The van der Waals surface area contributed by atoms with E-state index in [9.17, 15) is 13.6 Å². The van der Waals surface area contributed by atoms with Crippen molar-refractivity contribution in [1.82, 2.24) is 19.7 Å². The first kappa shape index (κ1) is 22.8. The highest BCUT2D eigenvalue weighted by atomic mass is 35.5. The molecule has 0 radical (unpaired) electrons. The van der Waals surface area contributed by atoms with Crippen LogP contribution in [0.25, 0.3) is 5.82 Å². The van der Waals surface area contributed by atoms with Gasteiger partial charge in [-0.05, 0) is 38.0 Å². The van der Waals surface area contributed by atoms with Crippen LogP contribution in [0.3, 0.4) is 0 Å². The number of aromatic nitrogens is 3. The monoisotopic (exact) mass is 495 g/mol. The summed E-state index contributed by atoms with van der Waals surface area (Å²) >= 11 is 7.45. The Balaban J connectivity index is 1.29. The molecule has 2 saturated heterocycles. The number of rotatable bonds is 4. The van der Waals surface area contributed by atoms with Crippen molar-refractivity contribution in [2.45, 2.75) is 43.1 Å². The number of primary amides is 1. The third kappa shape index (κ3) is 4.07. The van der Waals surface area contributed by atoms with E-state index in [-0.39, 0.29) is 5.25 Å². The van der Waals surface area contributed by atoms with E-state index in [0.29, 0.717) is 48.2 Å². The van der Waals surface area contributed by atoms with Crippen molar-refractivity contribution in [2.75, 3.05) is 19.7 Å².